The summed E-state index contributed by atoms with van der Waals surface area (Å²) in [6.07, 6.45) is 1.21. The topological polar surface area (TPSA) is 61.9 Å². The van der Waals surface area contributed by atoms with Crippen LogP contribution in [0.4, 0.5) is 17.1 Å². The molecule has 2 aromatic carbocycles. The molecule has 2 aliphatic rings. The molecule has 0 spiro atoms. The zero-order chi connectivity index (χ0) is 20.2. The van der Waals surface area contributed by atoms with Crippen LogP contribution >= 0.6 is 0 Å². The molecule has 0 aliphatic carbocycles. The highest BCUT2D eigenvalue weighted by Crippen LogP contribution is 2.27. The first-order valence-electron chi connectivity index (χ1n) is 10.3. The minimum Gasteiger partial charge on any atom is -0.378 e. The van der Waals surface area contributed by atoms with Gasteiger partial charge in [-0.15, -0.1) is 0 Å². The van der Waals surface area contributed by atoms with Gasteiger partial charge in [-0.1, -0.05) is 19.1 Å². The van der Waals surface area contributed by atoms with Gasteiger partial charge >= 0.3 is 0 Å². The van der Waals surface area contributed by atoms with Gasteiger partial charge in [0, 0.05) is 43.1 Å². The van der Waals surface area contributed by atoms with Crippen LogP contribution in [0.1, 0.15) is 18.9 Å². The Bertz CT molecular complexity index is 858. The molecule has 4 rings (SSSR count). The summed E-state index contributed by atoms with van der Waals surface area (Å²) in [5.74, 6) is -0.450. The molecule has 29 heavy (non-hydrogen) atoms. The SMILES string of the molecule is CCc1ccc(N2C[C@H](C(=O)Nc3ccc(N4CCOCC4)cc3)CC2=O)cc1. The van der Waals surface area contributed by atoms with Crippen LogP contribution in [0.3, 0.4) is 0 Å². The molecule has 0 radical (unpaired) electrons. The summed E-state index contributed by atoms with van der Waals surface area (Å²) in [4.78, 5) is 29.1. The molecule has 0 unspecified atom stereocenters. The van der Waals surface area contributed by atoms with Gasteiger partial charge in [0.05, 0.1) is 19.1 Å². The molecule has 2 saturated heterocycles. The first-order valence-corrected chi connectivity index (χ1v) is 10.3. The summed E-state index contributed by atoms with van der Waals surface area (Å²) in [7, 11) is 0. The normalized spacial score (nSPS) is 19.5. The van der Waals surface area contributed by atoms with Crippen molar-refractivity contribution in [1.82, 2.24) is 0 Å². The van der Waals surface area contributed by atoms with Gasteiger partial charge in [-0.05, 0) is 48.4 Å². The van der Waals surface area contributed by atoms with Crippen molar-refractivity contribution in [2.45, 2.75) is 19.8 Å². The number of carbonyl (C=O) groups is 2. The van der Waals surface area contributed by atoms with Gasteiger partial charge in [-0.25, -0.2) is 0 Å². The molecular formula is C23H27N3O3. The molecule has 1 atom stereocenters. The summed E-state index contributed by atoms with van der Waals surface area (Å²) in [6, 6.07) is 15.9. The summed E-state index contributed by atoms with van der Waals surface area (Å²) < 4.78 is 5.39. The second kappa shape index (κ2) is 8.66. The monoisotopic (exact) mass is 393 g/mol. The van der Waals surface area contributed by atoms with Crippen LogP contribution in [0.15, 0.2) is 48.5 Å². The van der Waals surface area contributed by atoms with E-state index in [2.05, 4.69) is 17.1 Å². The number of ether oxygens (including phenoxy) is 1. The van der Waals surface area contributed by atoms with Gasteiger partial charge in [-0.3, -0.25) is 9.59 Å². The van der Waals surface area contributed by atoms with Crippen molar-refractivity contribution < 1.29 is 14.3 Å². The lowest BCUT2D eigenvalue weighted by Crippen LogP contribution is -2.36. The average Bonchev–Trinajstić information content (AvgIpc) is 3.17. The Hall–Kier alpha value is -2.86. The van der Waals surface area contributed by atoms with E-state index in [4.69, 9.17) is 4.74 Å². The lowest BCUT2D eigenvalue weighted by atomic mass is 10.1. The van der Waals surface area contributed by atoms with E-state index in [0.29, 0.717) is 6.54 Å². The number of aryl methyl sites for hydroxylation is 1. The Morgan fingerprint density at radius 1 is 1.03 bits per heavy atom. The quantitative estimate of drug-likeness (QED) is 0.848. The van der Waals surface area contributed by atoms with E-state index in [9.17, 15) is 9.59 Å². The van der Waals surface area contributed by atoms with Gasteiger partial charge in [-0.2, -0.15) is 0 Å². The molecule has 152 valence electrons. The van der Waals surface area contributed by atoms with Crippen molar-refractivity contribution >= 4 is 28.9 Å². The first kappa shape index (κ1) is 19.5. The Kier molecular flexibility index (Phi) is 5.81. The maximum atomic E-state index is 12.7. The maximum absolute atomic E-state index is 12.7. The van der Waals surface area contributed by atoms with Crippen LogP contribution < -0.4 is 15.1 Å². The first-order chi connectivity index (χ1) is 14.1. The number of nitrogens with zero attached hydrogens (tertiary/aromatic N) is 2. The lowest BCUT2D eigenvalue weighted by Gasteiger charge is -2.28. The third-order valence-corrected chi connectivity index (χ3v) is 5.66. The molecule has 1 N–H and O–H groups in total. The molecule has 6 nitrogen and oxygen atoms in total. The van der Waals surface area contributed by atoms with Crippen LogP contribution in [0.25, 0.3) is 0 Å². The van der Waals surface area contributed by atoms with Crippen LogP contribution in [0.2, 0.25) is 0 Å². The van der Waals surface area contributed by atoms with Crippen LogP contribution in [0, 0.1) is 5.92 Å². The zero-order valence-corrected chi connectivity index (χ0v) is 16.8. The maximum Gasteiger partial charge on any atom is 0.229 e. The predicted molar refractivity (Wildman–Crippen MR) is 114 cm³/mol. The molecule has 2 aliphatic heterocycles. The Morgan fingerprint density at radius 2 is 1.69 bits per heavy atom. The van der Waals surface area contributed by atoms with Crippen molar-refractivity contribution in [3.05, 3.63) is 54.1 Å². The highest BCUT2D eigenvalue weighted by atomic mass is 16.5. The fraction of sp³-hybridized carbons (Fsp3) is 0.391. The minimum absolute atomic E-state index is 0.00272. The van der Waals surface area contributed by atoms with Gasteiger partial charge in [0.2, 0.25) is 11.8 Å². The fourth-order valence-corrected chi connectivity index (χ4v) is 3.87. The van der Waals surface area contributed by atoms with Crippen molar-refractivity contribution in [3.8, 4) is 0 Å². The van der Waals surface area contributed by atoms with Crippen LogP contribution in [-0.4, -0.2) is 44.7 Å². The van der Waals surface area contributed by atoms with Crippen molar-refractivity contribution in [3.63, 3.8) is 0 Å². The lowest BCUT2D eigenvalue weighted by molar-refractivity contribution is -0.122. The van der Waals surface area contributed by atoms with E-state index in [1.54, 1.807) is 4.90 Å². The summed E-state index contributed by atoms with van der Waals surface area (Å²) in [5.41, 5.74) is 3.97. The number of hydrogen-bond donors (Lipinski definition) is 1. The highest BCUT2D eigenvalue weighted by molar-refractivity contribution is 6.03. The number of rotatable bonds is 5. The van der Waals surface area contributed by atoms with E-state index < -0.39 is 0 Å². The average molecular weight is 393 g/mol. The van der Waals surface area contributed by atoms with E-state index in [1.165, 1.54) is 5.56 Å². The fourth-order valence-electron chi connectivity index (χ4n) is 3.87. The summed E-state index contributed by atoms with van der Waals surface area (Å²) in [6.45, 7) is 5.76. The summed E-state index contributed by atoms with van der Waals surface area (Å²) in [5, 5.41) is 2.96. The van der Waals surface area contributed by atoms with Gasteiger partial charge in [0.25, 0.3) is 0 Å². The molecule has 0 aromatic heterocycles. The molecule has 2 heterocycles. The third-order valence-electron chi connectivity index (χ3n) is 5.66. The number of anilines is 3. The van der Waals surface area contributed by atoms with Gasteiger partial charge < -0.3 is 19.9 Å². The Balaban J connectivity index is 1.36. The number of morpholine rings is 1. The van der Waals surface area contributed by atoms with Crippen molar-refractivity contribution in [2.75, 3.05) is 48.0 Å². The molecule has 0 saturated carbocycles. The van der Waals surface area contributed by atoms with Crippen LogP contribution in [-0.2, 0) is 20.7 Å². The molecule has 2 amide bonds. The molecule has 2 fully saturated rings. The number of carbonyl (C=O) groups excluding carboxylic acids is 2. The van der Waals surface area contributed by atoms with Gasteiger partial charge in [0.1, 0.15) is 0 Å². The van der Waals surface area contributed by atoms with Crippen molar-refractivity contribution in [1.29, 1.82) is 0 Å². The minimum atomic E-state index is -0.340. The number of hydrogen-bond acceptors (Lipinski definition) is 4. The number of benzene rings is 2. The second-order valence-corrected chi connectivity index (χ2v) is 7.56. The highest BCUT2D eigenvalue weighted by Gasteiger charge is 2.35. The summed E-state index contributed by atoms with van der Waals surface area (Å²) >= 11 is 0. The van der Waals surface area contributed by atoms with E-state index in [0.717, 1.165) is 49.8 Å². The molecular weight excluding hydrogens is 366 g/mol. The van der Waals surface area contributed by atoms with E-state index >= 15 is 0 Å². The Morgan fingerprint density at radius 3 is 2.34 bits per heavy atom. The number of amides is 2. The van der Waals surface area contributed by atoms with E-state index in [1.807, 2.05) is 48.5 Å². The van der Waals surface area contributed by atoms with Crippen molar-refractivity contribution in [2.24, 2.45) is 5.92 Å². The smallest absolute Gasteiger partial charge is 0.229 e. The molecule has 2 aromatic rings. The predicted octanol–water partition coefficient (Wildman–Crippen LogP) is 3.08. The zero-order valence-electron chi connectivity index (χ0n) is 16.8. The standard InChI is InChI=1S/C23H27N3O3/c1-2-17-3-7-21(8-4-17)26-16-18(15-22(26)27)23(28)24-19-5-9-20(10-6-19)25-11-13-29-14-12-25/h3-10,18H,2,11-16H2,1H3,(H,24,28)/t18-/m1/s1. The third kappa shape index (κ3) is 4.43. The molecule has 6 heteroatoms. The van der Waals surface area contributed by atoms with Gasteiger partial charge in [0.15, 0.2) is 0 Å². The van der Waals surface area contributed by atoms with E-state index in [-0.39, 0.29) is 24.2 Å². The number of nitrogens with one attached hydrogen (secondary N) is 1. The van der Waals surface area contributed by atoms with Crippen LogP contribution in [0.5, 0.6) is 0 Å². The second-order valence-electron chi connectivity index (χ2n) is 7.56. The molecule has 0 bridgehead atoms. The Labute approximate surface area is 171 Å². The largest absolute Gasteiger partial charge is 0.378 e.